The topological polar surface area (TPSA) is 52.6 Å². The van der Waals surface area contributed by atoms with Gasteiger partial charge in [0.1, 0.15) is 6.04 Å². The maximum Gasteiger partial charge on any atom is 0.326 e. The van der Waals surface area contributed by atoms with Gasteiger partial charge in [-0.25, -0.2) is 4.79 Å². The fourth-order valence-electron chi connectivity index (χ4n) is 2.65. The van der Waals surface area contributed by atoms with Crippen LogP contribution in [0, 0.1) is 6.92 Å². The van der Waals surface area contributed by atoms with Crippen LogP contribution in [0.5, 0.6) is 0 Å². The van der Waals surface area contributed by atoms with E-state index in [0.29, 0.717) is 18.1 Å². The summed E-state index contributed by atoms with van der Waals surface area (Å²) in [5.74, 6) is -0.799. The van der Waals surface area contributed by atoms with Gasteiger partial charge < -0.3 is 15.3 Å². The second-order valence-electron chi connectivity index (χ2n) is 5.08. The molecule has 0 radical (unpaired) electrons. The van der Waals surface area contributed by atoms with Gasteiger partial charge in [-0.3, -0.25) is 0 Å². The number of carbonyl (C=O) groups is 1. The molecule has 1 aliphatic heterocycles. The Bertz CT molecular complexity index is 531. The molecule has 1 atom stereocenters. The smallest absolute Gasteiger partial charge is 0.326 e. The summed E-state index contributed by atoms with van der Waals surface area (Å²) in [5.41, 5.74) is 3.33. The lowest BCUT2D eigenvalue weighted by molar-refractivity contribution is -0.140. The van der Waals surface area contributed by atoms with Crippen molar-refractivity contribution in [1.82, 2.24) is 4.90 Å². The fraction of sp³-hybridized carbons (Fsp3) is 0.467. The van der Waals surface area contributed by atoms with Crippen LogP contribution in [-0.2, 0) is 11.2 Å². The van der Waals surface area contributed by atoms with Crippen LogP contribution in [0.15, 0.2) is 18.2 Å². The first-order valence-electron chi connectivity index (χ1n) is 6.93. The molecule has 4 nitrogen and oxygen atoms in total. The molecule has 20 heavy (non-hydrogen) atoms. The van der Waals surface area contributed by atoms with Gasteiger partial charge in [-0.05, 0) is 49.5 Å². The predicted molar refractivity (Wildman–Crippen MR) is 84.1 cm³/mol. The van der Waals surface area contributed by atoms with Gasteiger partial charge in [0.15, 0.2) is 5.11 Å². The lowest BCUT2D eigenvalue weighted by Crippen LogP contribution is -2.42. The third-order valence-corrected chi connectivity index (χ3v) is 4.11. The maximum absolute atomic E-state index is 11.2. The largest absolute Gasteiger partial charge is 0.480 e. The fourth-order valence-corrected chi connectivity index (χ4v) is 2.97. The van der Waals surface area contributed by atoms with E-state index in [1.807, 2.05) is 19.1 Å². The second kappa shape index (κ2) is 6.22. The van der Waals surface area contributed by atoms with Gasteiger partial charge in [-0.1, -0.05) is 25.1 Å². The van der Waals surface area contributed by atoms with Crippen molar-refractivity contribution in [3.63, 3.8) is 0 Å². The van der Waals surface area contributed by atoms with Crippen LogP contribution in [0.3, 0.4) is 0 Å². The zero-order valence-corrected chi connectivity index (χ0v) is 12.7. The number of anilines is 1. The van der Waals surface area contributed by atoms with Crippen LogP contribution in [-0.4, -0.2) is 33.7 Å². The number of aryl methyl sites for hydroxylation is 2. The molecule has 1 aromatic rings. The number of nitrogens with one attached hydrogen (secondary N) is 1. The van der Waals surface area contributed by atoms with Crippen LogP contribution in [0.2, 0.25) is 0 Å². The van der Waals surface area contributed by atoms with Crippen molar-refractivity contribution < 1.29 is 9.90 Å². The van der Waals surface area contributed by atoms with E-state index in [4.69, 9.17) is 12.2 Å². The Morgan fingerprint density at radius 1 is 1.55 bits per heavy atom. The molecule has 1 heterocycles. The van der Waals surface area contributed by atoms with E-state index in [2.05, 4.69) is 18.3 Å². The Hall–Kier alpha value is -1.62. The molecule has 1 saturated heterocycles. The first kappa shape index (κ1) is 14.8. The summed E-state index contributed by atoms with van der Waals surface area (Å²) >= 11 is 5.41. The molecule has 0 amide bonds. The summed E-state index contributed by atoms with van der Waals surface area (Å²) in [6, 6.07) is 5.63. The molecule has 1 aromatic carbocycles. The minimum atomic E-state index is -0.799. The highest BCUT2D eigenvalue weighted by atomic mass is 32.1. The highest BCUT2D eigenvalue weighted by Crippen LogP contribution is 2.24. The van der Waals surface area contributed by atoms with Gasteiger partial charge in [0.2, 0.25) is 0 Å². The van der Waals surface area contributed by atoms with E-state index in [0.717, 1.165) is 24.1 Å². The molecular formula is C15H20N2O2S. The van der Waals surface area contributed by atoms with Gasteiger partial charge in [-0.2, -0.15) is 0 Å². The van der Waals surface area contributed by atoms with Gasteiger partial charge in [0, 0.05) is 12.2 Å². The summed E-state index contributed by atoms with van der Waals surface area (Å²) in [4.78, 5) is 13.0. The van der Waals surface area contributed by atoms with E-state index >= 15 is 0 Å². The second-order valence-corrected chi connectivity index (χ2v) is 5.47. The molecule has 1 fully saturated rings. The number of aliphatic carboxylic acids is 1. The molecule has 2 N–H and O–H groups in total. The van der Waals surface area contributed by atoms with Crippen molar-refractivity contribution in [1.29, 1.82) is 0 Å². The van der Waals surface area contributed by atoms with Gasteiger partial charge >= 0.3 is 5.97 Å². The molecule has 0 bridgehead atoms. The summed E-state index contributed by atoms with van der Waals surface area (Å²) in [6.07, 6.45) is 2.44. The van der Waals surface area contributed by atoms with Crippen LogP contribution in [0.4, 0.5) is 5.69 Å². The molecule has 108 valence electrons. The number of likely N-dealkylation sites (tertiary alicyclic amines) is 1. The number of nitrogens with zero attached hydrogens (tertiary/aromatic N) is 1. The summed E-state index contributed by atoms with van der Waals surface area (Å²) in [5, 5.41) is 13.0. The van der Waals surface area contributed by atoms with Crippen LogP contribution in [0.25, 0.3) is 0 Å². The highest BCUT2D eigenvalue weighted by Gasteiger charge is 2.32. The van der Waals surface area contributed by atoms with Crippen molar-refractivity contribution in [2.75, 3.05) is 11.9 Å². The predicted octanol–water partition coefficient (Wildman–Crippen LogP) is 2.80. The normalized spacial score (nSPS) is 18.1. The SMILES string of the molecule is CCc1cccc(C)c1NC(=S)N1CCC[C@@H]1C(=O)O. The van der Waals surface area contributed by atoms with E-state index in [-0.39, 0.29) is 0 Å². The molecular weight excluding hydrogens is 272 g/mol. The molecule has 0 unspecified atom stereocenters. The minimum absolute atomic E-state index is 0.496. The van der Waals surface area contributed by atoms with Gasteiger partial charge in [0.05, 0.1) is 0 Å². The zero-order chi connectivity index (χ0) is 14.7. The molecule has 0 aliphatic carbocycles. The summed E-state index contributed by atoms with van der Waals surface area (Å²) < 4.78 is 0. The summed E-state index contributed by atoms with van der Waals surface area (Å²) in [7, 11) is 0. The summed E-state index contributed by atoms with van der Waals surface area (Å²) in [6.45, 7) is 4.83. The number of para-hydroxylation sites is 1. The number of carboxylic acids is 1. The van der Waals surface area contributed by atoms with E-state index in [1.165, 1.54) is 5.56 Å². The van der Waals surface area contributed by atoms with Gasteiger partial charge in [-0.15, -0.1) is 0 Å². The minimum Gasteiger partial charge on any atom is -0.480 e. The molecule has 0 spiro atoms. The standard InChI is InChI=1S/C15H20N2O2S/c1-3-11-7-4-6-10(2)13(11)16-15(20)17-9-5-8-12(17)14(18)19/h4,6-7,12H,3,5,8-9H2,1-2H3,(H,16,20)(H,18,19)/t12-/m1/s1. The number of carboxylic acid groups (broad SMARTS) is 1. The molecule has 2 rings (SSSR count). The third kappa shape index (κ3) is 2.93. The molecule has 5 heteroatoms. The highest BCUT2D eigenvalue weighted by molar-refractivity contribution is 7.80. The van der Waals surface area contributed by atoms with Crippen molar-refractivity contribution in [3.8, 4) is 0 Å². The number of benzene rings is 1. The van der Waals surface area contributed by atoms with Crippen LogP contribution in [0.1, 0.15) is 30.9 Å². The average Bonchev–Trinajstić information content (AvgIpc) is 2.90. The zero-order valence-electron chi connectivity index (χ0n) is 11.8. The maximum atomic E-state index is 11.2. The molecule has 1 aliphatic rings. The average molecular weight is 292 g/mol. The molecule has 0 aromatic heterocycles. The number of thiocarbonyl (C=S) groups is 1. The van der Waals surface area contributed by atoms with Crippen LogP contribution >= 0.6 is 12.2 Å². The Kier molecular flexibility index (Phi) is 4.60. The third-order valence-electron chi connectivity index (χ3n) is 3.77. The van der Waals surface area contributed by atoms with Crippen LogP contribution < -0.4 is 5.32 Å². The Balaban J connectivity index is 2.18. The van der Waals surface area contributed by atoms with Crippen molar-refractivity contribution in [2.24, 2.45) is 0 Å². The monoisotopic (exact) mass is 292 g/mol. The van der Waals surface area contributed by atoms with Crippen molar-refractivity contribution in [3.05, 3.63) is 29.3 Å². The Morgan fingerprint density at radius 3 is 2.95 bits per heavy atom. The van der Waals surface area contributed by atoms with E-state index < -0.39 is 12.0 Å². The van der Waals surface area contributed by atoms with E-state index in [1.54, 1.807) is 4.90 Å². The number of rotatable bonds is 3. The number of hydrogen-bond donors (Lipinski definition) is 2. The van der Waals surface area contributed by atoms with Crippen molar-refractivity contribution >= 4 is 29.0 Å². The quantitative estimate of drug-likeness (QED) is 0.839. The van der Waals surface area contributed by atoms with Crippen molar-refractivity contribution in [2.45, 2.75) is 39.2 Å². The first-order valence-corrected chi connectivity index (χ1v) is 7.34. The molecule has 0 saturated carbocycles. The lowest BCUT2D eigenvalue weighted by Gasteiger charge is -2.26. The lowest BCUT2D eigenvalue weighted by atomic mass is 10.1. The Labute approximate surface area is 124 Å². The Morgan fingerprint density at radius 2 is 2.30 bits per heavy atom. The first-order chi connectivity index (χ1) is 9.54. The van der Waals surface area contributed by atoms with E-state index in [9.17, 15) is 9.90 Å². The number of hydrogen-bond acceptors (Lipinski definition) is 2. The van der Waals surface area contributed by atoms with Gasteiger partial charge in [0.25, 0.3) is 0 Å².